The molecule has 1 aliphatic rings. The van der Waals surface area contributed by atoms with Crippen molar-refractivity contribution in [1.82, 2.24) is 9.88 Å². The van der Waals surface area contributed by atoms with Crippen LogP contribution in [0.4, 0.5) is 0 Å². The lowest BCUT2D eigenvalue weighted by Crippen LogP contribution is -2.37. The Hall–Kier alpha value is -0.970. The summed E-state index contributed by atoms with van der Waals surface area (Å²) in [6.07, 6.45) is 6.20. The second-order valence-corrected chi connectivity index (χ2v) is 4.44. The van der Waals surface area contributed by atoms with E-state index in [1.165, 1.54) is 18.4 Å². The van der Waals surface area contributed by atoms with Crippen molar-refractivity contribution in [2.24, 2.45) is 11.8 Å². The highest BCUT2D eigenvalue weighted by atomic mass is 16.6. The number of nitrogens with two attached hydrogens (primary N) is 1. The number of piperidine rings is 1. The first-order chi connectivity index (χ1) is 7.88. The number of pyridine rings is 1. The van der Waals surface area contributed by atoms with E-state index in [1.807, 2.05) is 18.5 Å². The third kappa shape index (κ3) is 3.27. The van der Waals surface area contributed by atoms with Gasteiger partial charge in [0.25, 0.3) is 0 Å². The van der Waals surface area contributed by atoms with Crippen molar-refractivity contribution in [3.05, 3.63) is 30.1 Å². The van der Waals surface area contributed by atoms with Crippen LogP contribution < -0.4 is 5.90 Å². The van der Waals surface area contributed by atoms with E-state index in [0.29, 0.717) is 12.5 Å². The normalized spacial score (nSPS) is 22.2. The molecule has 2 N–H and O–H groups in total. The molecule has 0 spiro atoms. The first kappa shape index (κ1) is 11.5. The molecule has 1 saturated heterocycles. The summed E-state index contributed by atoms with van der Waals surface area (Å²) in [4.78, 5) is 11.3. The zero-order valence-electron chi connectivity index (χ0n) is 9.51. The molecule has 2 rings (SSSR count). The number of hydrogen-bond donors (Lipinski definition) is 1. The number of rotatable bonds is 4. The molecule has 0 amide bonds. The van der Waals surface area contributed by atoms with Crippen molar-refractivity contribution in [2.45, 2.75) is 19.4 Å². The molecule has 0 saturated carbocycles. The molecule has 1 unspecified atom stereocenters. The highest BCUT2D eigenvalue weighted by Gasteiger charge is 2.19. The molecule has 1 aromatic rings. The molecule has 1 atom stereocenters. The number of likely N-dealkylation sites (tertiary alicyclic amines) is 1. The monoisotopic (exact) mass is 221 g/mol. The van der Waals surface area contributed by atoms with Gasteiger partial charge in [-0.2, -0.15) is 0 Å². The molecular weight excluding hydrogens is 202 g/mol. The molecule has 0 aliphatic carbocycles. The average molecular weight is 221 g/mol. The summed E-state index contributed by atoms with van der Waals surface area (Å²) in [7, 11) is 0. The van der Waals surface area contributed by atoms with Crippen molar-refractivity contribution >= 4 is 0 Å². The first-order valence-electron chi connectivity index (χ1n) is 5.81. The van der Waals surface area contributed by atoms with Gasteiger partial charge in [0, 0.05) is 25.5 Å². The molecule has 1 aromatic heterocycles. The highest BCUT2D eigenvalue weighted by molar-refractivity contribution is 5.08. The van der Waals surface area contributed by atoms with Crippen LogP contribution in [-0.2, 0) is 11.4 Å². The molecular formula is C12H19N3O. The zero-order chi connectivity index (χ0) is 11.2. The minimum absolute atomic E-state index is 0.579. The van der Waals surface area contributed by atoms with Gasteiger partial charge in [0.1, 0.15) is 0 Å². The van der Waals surface area contributed by atoms with E-state index in [-0.39, 0.29) is 0 Å². The number of hydrogen-bond acceptors (Lipinski definition) is 4. The maximum absolute atomic E-state index is 5.13. The Morgan fingerprint density at radius 3 is 3.25 bits per heavy atom. The van der Waals surface area contributed by atoms with Gasteiger partial charge in [-0.25, -0.2) is 5.90 Å². The lowest BCUT2D eigenvalue weighted by molar-refractivity contribution is 0.0585. The molecule has 0 aromatic carbocycles. The Morgan fingerprint density at radius 2 is 2.50 bits per heavy atom. The van der Waals surface area contributed by atoms with Crippen LogP contribution in [-0.4, -0.2) is 29.6 Å². The molecule has 1 aliphatic heterocycles. The van der Waals surface area contributed by atoms with Gasteiger partial charge in [0.15, 0.2) is 0 Å². The minimum Gasteiger partial charge on any atom is -0.304 e. The van der Waals surface area contributed by atoms with E-state index < -0.39 is 0 Å². The van der Waals surface area contributed by atoms with Gasteiger partial charge in [-0.15, -0.1) is 0 Å². The van der Waals surface area contributed by atoms with E-state index in [2.05, 4.69) is 16.0 Å². The van der Waals surface area contributed by atoms with Crippen LogP contribution in [0.15, 0.2) is 24.5 Å². The van der Waals surface area contributed by atoms with Crippen molar-refractivity contribution in [1.29, 1.82) is 0 Å². The lowest BCUT2D eigenvalue weighted by Gasteiger charge is -2.32. The average Bonchev–Trinajstić information content (AvgIpc) is 2.31. The molecule has 0 bridgehead atoms. The van der Waals surface area contributed by atoms with Gasteiger partial charge >= 0.3 is 0 Å². The van der Waals surface area contributed by atoms with Crippen LogP contribution in [0, 0.1) is 5.92 Å². The van der Waals surface area contributed by atoms with Gasteiger partial charge in [-0.3, -0.25) is 9.88 Å². The largest absolute Gasteiger partial charge is 0.304 e. The summed E-state index contributed by atoms with van der Waals surface area (Å²) >= 11 is 0. The molecule has 4 heteroatoms. The molecule has 16 heavy (non-hydrogen) atoms. The fraction of sp³-hybridized carbons (Fsp3) is 0.583. The van der Waals surface area contributed by atoms with Crippen LogP contribution in [0.25, 0.3) is 0 Å². The Morgan fingerprint density at radius 1 is 1.56 bits per heavy atom. The quantitative estimate of drug-likeness (QED) is 0.776. The van der Waals surface area contributed by atoms with Crippen LogP contribution in [0.3, 0.4) is 0 Å². The van der Waals surface area contributed by atoms with E-state index in [9.17, 15) is 0 Å². The third-order valence-corrected chi connectivity index (χ3v) is 3.06. The zero-order valence-corrected chi connectivity index (χ0v) is 9.51. The van der Waals surface area contributed by atoms with Crippen LogP contribution >= 0.6 is 0 Å². The molecule has 88 valence electrons. The van der Waals surface area contributed by atoms with Crippen molar-refractivity contribution in [3.63, 3.8) is 0 Å². The summed E-state index contributed by atoms with van der Waals surface area (Å²) in [5.74, 6) is 5.71. The summed E-state index contributed by atoms with van der Waals surface area (Å²) in [6, 6.07) is 4.11. The van der Waals surface area contributed by atoms with E-state index in [1.54, 1.807) is 0 Å². The van der Waals surface area contributed by atoms with Crippen LogP contribution in [0.1, 0.15) is 18.4 Å². The smallest absolute Gasteiger partial charge is 0.0719 e. The maximum atomic E-state index is 5.13. The van der Waals surface area contributed by atoms with Crippen LogP contribution in [0.5, 0.6) is 0 Å². The minimum atomic E-state index is 0.579. The van der Waals surface area contributed by atoms with Crippen molar-refractivity contribution < 1.29 is 4.84 Å². The van der Waals surface area contributed by atoms with Crippen molar-refractivity contribution in [2.75, 3.05) is 19.7 Å². The first-order valence-corrected chi connectivity index (χ1v) is 5.81. The topological polar surface area (TPSA) is 51.4 Å². The predicted octanol–water partition coefficient (Wildman–Crippen LogP) is 1.18. The van der Waals surface area contributed by atoms with Gasteiger partial charge in [-0.05, 0) is 36.9 Å². The number of aromatic nitrogens is 1. The maximum Gasteiger partial charge on any atom is 0.0719 e. The van der Waals surface area contributed by atoms with Crippen molar-refractivity contribution in [3.8, 4) is 0 Å². The van der Waals surface area contributed by atoms with E-state index in [4.69, 9.17) is 10.7 Å². The molecule has 1 fully saturated rings. The summed E-state index contributed by atoms with van der Waals surface area (Å²) in [6.45, 7) is 3.89. The Balaban J connectivity index is 1.85. The van der Waals surface area contributed by atoms with Gasteiger partial charge in [-0.1, -0.05) is 6.07 Å². The van der Waals surface area contributed by atoms with Gasteiger partial charge in [0.2, 0.25) is 0 Å². The van der Waals surface area contributed by atoms with E-state index in [0.717, 1.165) is 19.6 Å². The Bertz CT molecular complexity index is 302. The molecule has 0 radical (unpaired) electrons. The number of nitrogens with zero attached hydrogens (tertiary/aromatic N) is 2. The molecule has 2 heterocycles. The second-order valence-electron chi connectivity index (χ2n) is 4.44. The van der Waals surface area contributed by atoms with Gasteiger partial charge < -0.3 is 4.84 Å². The summed E-state index contributed by atoms with van der Waals surface area (Å²) in [5.41, 5.74) is 1.27. The van der Waals surface area contributed by atoms with E-state index >= 15 is 0 Å². The standard InChI is InChI=1S/C12H19N3O/c13-16-10-12-4-2-6-15(9-12)8-11-3-1-5-14-7-11/h1,3,5,7,12H,2,4,6,8-10,13H2. The lowest BCUT2D eigenvalue weighted by atomic mass is 9.99. The SMILES string of the molecule is NOCC1CCCN(Cc2cccnc2)C1. The fourth-order valence-corrected chi connectivity index (χ4v) is 2.32. The predicted molar refractivity (Wildman–Crippen MR) is 62.4 cm³/mol. The third-order valence-electron chi connectivity index (χ3n) is 3.06. The van der Waals surface area contributed by atoms with Crippen LogP contribution in [0.2, 0.25) is 0 Å². The summed E-state index contributed by atoms with van der Waals surface area (Å²) < 4.78 is 0. The summed E-state index contributed by atoms with van der Waals surface area (Å²) in [5, 5.41) is 0. The second kappa shape index (κ2) is 5.94. The highest BCUT2D eigenvalue weighted by Crippen LogP contribution is 2.18. The van der Waals surface area contributed by atoms with Gasteiger partial charge in [0.05, 0.1) is 6.61 Å². The molecule has 4 nitrogen and oxygen atoms in total. The Labute approximate surface area is 96.4 Å². The Kier molecular flexibility index (Phi) is 4.27. The fourth-order valence-electron chi connectivity index (χ4n) is 2.32.